The van der Waals surface area contributed by atoms with Gasteiger partial charge in [-0.05, 0) is 42.5 Å². The Morgan fingerprint density at radius 1 is 1.48 bits per heavy atom. The van der Waals surface area contributed by atoms with Crippen molar-refractivity contribution in [3.05, 3.63) is 33.8 Å². The average Bonchev–Trinajstić information content (AvgIpc) is 2.32. The summed E-state index contributed by atoms with van der Waals surface area (Å²) in [7, 11) is 0. The minimum atomic E-state index is -4.29. The monoisotopic (exact) mass is 384 g/mol. The Kier molecular flexibility index (Phi) is 6.60. The van der Waals surface area contributed by atoms with Crippen molar-refractivity contribution >= 4 is 39.7 Å². The van der Waals surface area contributed by atoms with Gasteiger partial charge in [0.2, 0.25) is 0 Å². The largest absolute Gasteiger partial charge is 0.492 e. The van der Waals surface area contributed by atoms with E-state index in [2.05, 4.69) is 15.9 Å². The van der Waals surface area contributed by atoms with Gasteiger partial charge >= 0.3 is 11.5 Å². The molecule has 0 spiro atoms. The Hall–Kier alpha value is -1.15. The molecule has 0 heterocycles. The molecule has 1 N–H and O–H groups in total. The Morgan fingerprint density at radius 2 is 2.14 bits per heavy atom. The molecule has 8 heteroatoms. The van der Waals surface area contributed by atoms with Gasteiger partial charge in [-0.3, -0.25) is 0 Å². The highest BCUT2D eigenvalue weighted by molar-refractivity contribution is 9.10. The quantitative estimate of drug-likeness (QED) is 0.579. The summed E-state index contributed by atoms with van der Waals surface area (Å²) in [6, 6.07) is 3.38. The molecule has 0 aliphatic rings. The lowest BCUT2D eigenvalue weighted by Crippen LogP contribution is -2.08. The molecule has 116 valence electrons. The predicted octanol–water partition coefficient (Wildman–Crippen LogP) is 4.49. The van der Waals surface area contributed by atoms with Gasteiger partial charge in [-0.15, -0.1) is 0 Å². The van der Waals surface area contributed by atoms with Crippen molar-refractivity contribution in [2.75, 3.05) is 12.4 Å². The number of ether oxygens (including phenoxy) is 1. The zero-order valence-corrected chi connectivity index (χ0v) is 13.3. The number of aryl methyl sites for hydroxylation is 1. The molecule has 1 aromatic carbocycles. The lowest BCUT2D eigenvalue weighted by Gasteiger charge is -2.13. The fourth-order valence-corrected chi connectivity index (χ4v) is 2.53. The molecule has 0 aliphatic heterocycles. The number of aliphatic carboxylic acids is 1. The van der Waals surface area contributed by atoms with Crippen LogP contribution < -0.4 is 4.74 Å². The van der Waals surface area contributed by atoms with E-state index in [4.69, 9.17) is 9.84 Å². The molecule has 0 saturated carbocycles. The van der Waals surface area contributed by atoms with Crippen LogP contribution in [0.15, 0.2) is 22.7 Å². The van der Waals surface area contributed by atoms with Crippen molar-refractivity contribution in [3.63, 3.8) is 0 Å². The number of halogens is 4. The summed E-state index contributed by atoms with van der Waals surface area (Å²) in [6.45, 7) is 1.61. The summed E-state index contributed by atoms with van der Waals surface area (Å²) in [6.07, 6.45) is 2.28. The zero-order valence-electron chi connectivity index (χ0n) is 10.9. The summed E-state index contributed by atoms with van der Waals surface area (Å²) >= 11 is 3.11. The highest BCUT2D eigenvalue weighted by Crippen LogP contribution is 2.32. The number of alkyl halides is 3. The molecular formula is C13H12BrF3O3S. The lowest BCUT2D eigenvalue weighted by atomic mass is 10.1. The van der Waals surface area contributed by atoms with Gasteiger partial charge in [0, 0.05) is 21.9 Å². The van der Waals surface area contributed by atoms with Crippen molar-refractivity contribution in [3.8, 4) is 5.75 Å². The van der Waals surface area contributed by atoms with Gasteiger partial charge in [0.1, 0.15) is 5.75 Å². The van der Waals surface area contributed by atoms with Gasteiger partial charge in [0.15, 0.2) is 0 Å². The molecule has 1 aromatic rings. The fraction of sp³-hybridized carbons (Fsp3) is 0.308. The fourth-order valence-electron chi connectivity index (χ4n) is 1.54. The number of carboxylic acids is 1. The molecule has 0 fully saturated rings. The number of thioether (sulfide) groups is 1. The van der Waals surface area contributed by atoms with Crippen LogP contribution in [-0.4, -0.2) is 28.9 Å². The van der Waals surface area contributed by atoms with E-state index in [0.717, 1.165) is 10.5 Å². The number of hydrogen-bond donors (Lipinski definition) is 1. The van der Waals surface area contributed by atoms with Gasteiger partial charge in [0.05, 0.1) is 6.61 Å². The predicted molar refractivity (Wildman–Crippen MR) is 79.6 cm³/mol. The van der Waals surface area contributed by atoms with Crippen molar-refractivity contribution in [1.82, 2.24) is 0 Å². The Labute approximate surface area is 132 Å². The molecule has 21 heavy (non-hydrogen) atoms. The second kappa shape index (κ2) is 7.74. The van der Waals surface area contributed by atoms with Crippen LogP contribution in [0.5, 0.6) is 5.75 Å². The number of rotatable bonds is 6. The van der Waals surface area contributed by atoms with E-state index in [1.54, 1.807) is 19.1 Å². The summed E-state index contributed by atoms with van der Waals surface area (Å²) in [5, 5.41) is 8.64. The normalized spacial score (nSPS) is 11.9. The molecule has 0 unspecified atom stereocenters. The second-order valence-electron chi connectivity index (χ2n) is 3.96. The van der Waals surface area contributed by atoms with Crippen LogP contribution in [0, 0.1) is 6.92 Å². The molecule has 3 nitrogen and oxygen atoms in total. The molecule has 0 bridgehead atoms. The topological polar surface area (TPSA) is 46.5 Å². The molecular weight excluding hydrogens is 373 g/mol. The maximum atomic E-state index is 12.0. The molecule has 0 saturated heterocycles. The summed E-state index contributed by atoms with van der Waals surface area (Å²) in [5.41, 5.74) is -3.10. The molecule has 0 aromatic heterocycles. The zero-order chi connectivity index (χ0) is 16.0. The SMILES string of the molecule is Cc1cc(Br)cc(/C=C/C(=O)O)c1OCCSC(F)(F)F. The van der Waals surface area contributed by atoms with E-state index in [1.165, 1.54) is 6.08 Å². The van der Waals surface area contributed by atoms with Gasteiger partial charge in [-0.1, -0.05) is 15.9 Å². The second-order valence-corrected chi connectivity index (χ2v) is 6.03. The summed E-state index contributed by atoms with van der Waals surface area (Å²) in [4.78, 5) is 10.6. The average molecular weight is 385 g/mol. The third-order valence-electron chi connectivity index (χ3n) is 2.27. The van der Waals surface area contributed by atoms with Crippen LogP contribution >= 0.6 is 27.7 Å². The van der Waals surface area contributed by atoms with Crippen molar-refractivity contribution in [2.45, 2.75) is 12.4 Å². The summed E-state index contributed by atoms with van der Waals surface area (Å²) < 4.78 is 42.2. The van der Waals surface area contributed by atoms with E-state index in [0.29, 0.717) is 16.9 Å². The van der Waals surface area contributed by atoms with Crippen LogP contribution in [-0.2, 0) is 4.79 Å². The number of hydrogen-bond acceptors (Lipinski definition) is 3. The molecule has 0 amide bonds. The highest BCUT2D eigenvalue weighted by Gasteiger charge is 2.27. The van der Waals surface area contributed by atoms with Crippen LogP contribution in [0.3, 0.4) is 0 Å². The van der Waals surface area contributed by atoms with Gasteiger partial charge < -0.3 is 9.84 Å². The molecule has 1 rings (SSSR count). The molecule has 0 radical (unpaired) electrons. The van der Waals surface area contributed by atoms with Crippen LogP contribution in [0.25, 0.3) is 6.08 Å². The lowest BCUT2D eigenvalue weighted by molar-refractivity contribution is -0.131. The Bertz CT molecular complexity index is 544. The smallest absolute Gasteiger partial charge is 0.441 e. The van der Waals surface area contributed by atoms with E-state index in [9.17, 15) is 18.0 Å². The molecule has 0 atom stereocenters. The van der Waals surface area contributed by atoms with Crippen LogP contribution in [0.2, 0.25) is 0 Å². The van der Waals surface area contributed by atoms with Gasteiger partial charge in [-0.2, -0.15) is 13.2 Å². The van der Waals surface area contributed by atoms with E-state index < -0.39 is 11.5 Å². The molecule has 0 aliphatic carbocycles. The van der Waals surface area contributed by atoms with E-state index in [1.807, 2.05) is 0 Å². The van der Waals surface area contributed by atoms with Gasteiger partial charge in [0.25, 0.3) is 0 Å². The first-order valence-electron chi connectivity index (χ1n) is 5.73. The van der Waals surface area contributed by atoms with Gasteiger partial charge in [-0.25, -0.2) is 4.79 Å². The maximum absolute atomic E-state index is 12.0. The first kappa shape index (κ1) is 17.9. The minimum Gasteiger partial charge on any atom is -0.492 e. The Balaban J connectivity index is 2.82. The van der Waals surface area contributed by atoms with Crippen molar-refractivity contribution in [2.24, 2.45) is 0 Å². The van der Waals surface area contributed by atoms with Crippen LogP contribution in [0.4, 0.5) is 13.2 Å². The number of benzene rings is 1. The van der Waals surface area contributed by atoms with E-state index >= 15 is 0 Å². The summed E-state index contributed by atoms with van der Waals surface area (Å²) in [5.74, 6) is -0.981. The van der Waals surface area contributed by atoms with Crippen LogP contribution in [0.1, 0.15) is 11.1 Å². The van der Waals surface area contributed by atoms with E-state index in [-0.39, 0.29) is 24.1 Å². The Morgan fingerprint density at radius 3 is 2.71 bits per heavy atom. The highest BCUT2D eigenvalue weighted by atomic mass is 79.9. The van der Waals surface area contributed by atoms with Crippen molar-refractivity contribution in [1.29, 1.82) is 0 Å². The maximum Gasteiger partial charge on any atom is 0.441 e. The number of carbonyl (C=O) groups is 1. The number of carboxylic acid groups (broad SMARTS) is 1. The first-order chi connectivity index (χ1) is 9.69. The third kappa shape index (κ3) is 6.90. The minimum absolute atomic E-state index is 0.124. The first-order valence-corrected chi connectivity index (χ1v) is 7.51. The standard InChI is InChI=1S/C13H12BrF3O3S/c1-8-6-10(14)7-9(2-3-11(18)19)12(8)20-4-5-21-13(15,16)17/h2-3,6-7H,4-5H2,1H3,(H,18,19)/b3-2+. The third-order valence-corrected chi connectivity index (χ3v) is 3.43. The van der Waals surface area contributed by atoms with Crippen molar-refractivity contribution < 1.29 is 27.8 Å².